The molecule has 2 aliphatic rings. The molecule has 0 spiro atoms. The largest absolute Gasteiger partial charge is 0.368 e. The number of amides is 2. The molecule has 2 amide bonds. The van der Waals surface area contributed by atoms with Crippen molar-refractivity contribution in [2.45, 2.75) is 73.7 Å². The van der Waals surface area contributed by atoms with E-state index < -0.39 is 9.49 Å². The number of primary amides is 2. The molecular weight excluding hydrogens is 292 g/mol. The van der Waals surface area contributed by atoms with E-state index in [0.717, 1.165) is 51.4 Å². The van der Waals surface area contributed by atoms with Crippen LogP contribution in [-0.2, 0) is 9.59 Å². The highest BCUT2D eigenvalue weighted by molar-refractivity contribution is 8.78. The fourth-order valence-electron chi connectivity index (χ4n) is 3.15. The van der Waals surface area contributed by atoms with Crippen LogP contribution in [0.25, 0.3) is 0 Å². The van der Waals surface area contributed by atoms with Crippen molar-refractivity contribution in [3.63, 3.8) is 0 Å². The van der Waals surface area contributed by atoms with Crippen molar-refractivity contribution in [3.8, 4) is 0 Å². The highest BCUT2D eigenvalue weighted by Gasteiger charge is 2.45. The van der Waals surface area contributed by atoms with Crippen LogP contribution in [0.2, 0.25) is 0 Å². The normalized spacial score (nSPS) is 25.0. The van der Waals surface area contributed by atoms with E-state index in [-0.39, 0.29) is 11.8 Å². The van der Waals surface area contributed by atoms with Crippen molar-refractivity contribution >= 4 is 33.4 Å². The molecule has 2 aliphatic carbocycles. The van der Waals surface area contributed by atoms with Crippen LogP contribution in [0.1, 0.15) is 64.2 Å². The van der Waals surface area contributed by atoms with E-state index >= 15 is 0 Å². The Kier molecular flexibility index (Phi) is 5.29. The van der Waals surface area contributed by atoms with Crippen LogP contribution in [0, 0.1) is 0 Å². The van der Waals surface area contributed by atoms with Crippen molar-refractivity contribution in [1.82, 2.24) is 0 Å². The van der Waals surface area contributed by atoms with Crippen molar-refractivity contribution in [1.29, 1.82) is 0 Å². The van der Waals surface area contributed by atoms with Gasteiger partial charge < -0.3 is 11.5 Å². The van der Waals surface area contributed by atoms with Crippen LogP contribution in [0.4, 0.5) is 0 Å². The van der Waals surface area contributed by atoms with Gasteiger partial charge in [0.1, 0.15) is 9.49 Å². The SMILES string of the molecule is NC(=O)C1(SSC2(C(N)=O)CCCCC2)CCCCC1. The van der Waals surface area contributed by atoms with Crippen LogP contribution in [0.15, 0.2) is 0 Å². The molecule has 2 rings (SSSR count). The van der Waals surface area contributed by atoms with Gasteiger partial charge >= 0.3 is 0 Å². The number of hydrogen-bond donors (Lipinski definition) is 2. The van der Waals surface area contributed by atoms with Gasteiger partial charge in [-0.15, -0.1) is 0 Å². The summed E-state index contributed by atoms with van der Waals surface area (Å²) in [5.74, 6) is -0.463. The van der Waals surface area contributed by atoms with Crippen molar-refractivity contribution in [2.24, 2.45) is 11.5 Å². The summed E-state index contributed by atoms with van der Waals surface area (Å²) in [6.45, 7) is 0. The Morgan fingerprint density at radius 3 is 1.20 bits per heavy atom. The van der Waals surface area contributed by atoms with Crippen molar-refractivity contribution in [3.05, 3.63) is 0 Å². The van der Waals surface area contributed by atoms with E-state index in [4.69, 9.17) is 11.5 Å². The summed E-state index contributed by atoms with van der Waals surface area (Å²) in [5.41, 5.74) is 11.3. The standard InChI is InChI=1S/C14H24N2O2S2/c15-11(17)13(7-3-1-4-8-13)19-20-14(12(16)18)9-5-2-6-10-14/h1-10H2,(H2,15,17)(H2,16,18). The van der Waals surface area contributed by atoms with Crippen LogP contribution in [0.5, 0.6) is 0 Å². The van der Waals surface area contributed by atoms with E-state index in [1.807, 2.05) is 0 Å². The molecule has 0 heterocycles. The Bertz CT molecular complexity index is 339. The lowest BCUT2D eigenvalue weighted by atomic mass is 9.88. The minimum atomic E-state index is -0.497. The zero-order valence-electron chi connectivity index (χ0n) is 11.9. The topological polar surface area (TPSA) is 86.2 Å². The third-order valence-corrected chi connectivity index (χ3v) is 8.69. The van der Waals surface area contributed by atoms with Gasteiger partial charge in [-0.2, -0.15) is 0 Å². The lowest BCUT2D eigenvalue weighted by Gasteiger charge is -2.38. The lowest BCUT2D eigenvalue weighted by Crippen LogP contribution is -2.45. The van der Waals surface area contributed by atoms with E-state index in [1.165, 1.54) is 34.4 Å². The molecule has 4 nitrogen and oxygen atoms in total. The van der Waals surface area contributed by atoms with Gasteiger partial charge in [0.05, 0.1) is 0 Å². The van der Waals surface area contributed by atoms with E-state index in [1.54, 1.807) is 0 Å². The summed E-state index contributed by atoms with van der Waals surface area (Å²) in [4.78, 5) is 23.8. The second-order valence-electron chi connectivity index (χ2n) is 6.01. The first kappa shape index (κ1) is 16.0. The van der Waals surface area contributed by atoms with Gasteiger partial charge in [-0.1, -0.05) is 60.1 Å². The fraction of sp³-hybridized carbons (Fsp3) is 0.857. The van der Waals surface area contributed by atoms with Crippen LogP contribution >= 0.6 is 21.6 Å². The minimum Gasteiger partial charge on any atom is -0.368 e. The maximum Gasteiger partial charge on any atom is 0.234 e. The van der Waals surface area contributed by atoms with Crippen molar-refractivity contribution < 1.29 is 9.59 Å². The predicted molar refractivity (Wildman–Crippen MR) is 85.2 cm³/mol. The molecule has 2 fully saturated rings. The molecule has 0 aromatic heterocycles. The number of nitrogens with two attached hydrogens (primary N) is 2. The Morgan fingerprint density at radius 2 is 0.950 bits per heavy atom. The summed E-state index contributed by atoms with van der Waals surface area (Å²) in [7, 11) is 3.06. The molecule has 2 saturated carbocycles. The average molecular weight is 316 g/mol. The summed E-state index contributed by atoms with van der Waals surface area (Å²) in [6.07, 6.45) is 9.82. The molecule has 0 aromatic carbocycles. The van der Waals surface area contributed by atoms with Gasteiger partial charge in [-0.05, 0) is 25.7 Å². The second kappa shape index (κ2) is 6.60. The highest BCUT2D eigenvalue weighted by atomic mass is 33.1. The quantitative estimate of drug-likeness (QED) is 0.764. The van der Waals surface area contributed by atoms with Crippen LogP contribution < -0.4 is 11.5 Å². The average Bonchev–Trinajstić information content (AvgIpc) is 2.47. The molecule has 0 saturated heterocycles. The Morgan fingerprint density at radius 1 is 0.650 bits per heavy atom. The minimum absolute atomic E-state index is 0.231. The highest BCUT2D eigenvalue weighted by Crippen LogP contribution is 2.53. The van der Waals surface area contributed by atoms with Gasteiger partial charge in [0.25, 0.3) is 0 Å². The Balaban J connectivity index is 2.07. The first-order chi connectivity index (χ1) is 9.51. The van der Waals surface area contributed by atoms with Crippen LogP contribution in [0.3, 0.4) is 0 Å². The zero-order valence-corrected chi connectivity index (χ0v) is 13.5. The predicted octanol–water partition coefficient (Wildman–Crippen LogP) is 2.74. The molecule has 4 N–H and O–H groups in total. The van der Waals surface area contributed by atoms with Gasteiger partial charge in [0, 0.05) is 0 Å². The van der Waals surface area contributed by atoms with Gasteiger partial charge in [0.15, 0.2) is 0 Å². The first-order valence-corrected chi connectivity index (χ1v) is 9.62. The van der Waals surface area contributed by atoms with Gasteiger partial charge in [-0.3, -0.25) is 9.59 Å². The molecular formula is C14H24N2O2S2. The summed E-state index contributed by atoms with van der Waals surface area (Å²) in [6, 6.07) is 0. The Hall–Kier alpha value is -0.360. The molecule has 6 heteroatoms. The monoisotopic (exact) mass is 316 g/mol. The maximum absolute atomic E-state index is 11.9. The van der Waals surface area contributed by atoms with Gasteiger partial charge in [-0.25, -0.2) is 0 Å². The smallest absolute Gasteiger partial charge is 0.234 e. The molecule has 0 atom stereocenters. The number of carbonyl (C=O) groups excluding carboxylic acids is 2. The third kappa shape index (κ3) is 3.27. The molecule has 0 bridgehead atoms. The fourth-order valence-corrected chi connectivity index (χ4v) is 6.99. The third-order valence-electron chi connectivity index (χ3n) is 4.58. The second-order valence-corrected chi connectivity index (χ2v) is 8.90. The molecule has 0 radical (unpaired) electrons. The first-order valence-electron chi connectivity index (χ1n) is 7.47. The zero-order chi connectivity index (χ0) is 14.6. The van der Waals surface area contributed by atoms with E-state index in [9.17, 15) is 9.59 Å². The Labute approximate surface area is 128 Å². The summed E-state index contributed by atoms with van der Waals surface area (Å²) >= 11 is 0. The van der Waals surface area contributed by atoms with E-state index in [2.05, 4.69) is 0 Å². The molecule has 114 valence electrons. The molecule has 20 heavy (non-hydrogen) atoms. The van der Waals surface area contributed by atoms with E-state index in [0.29, 0.717) is 0 Å². The number of rotatable bonds is 5. The number of hydrogen-bond acceptors (Lipinski definition) is 4. The number of carbonyl (C=O) groups is 2. The summed E-state index contributed by atoms with van der Waals surface area (Å²) < 4.78 is -0.994. The van der Waals surface area contributed by atoms with Gasteiger partial charge in [0.2, 0.25) is 11.8 Å². The van der Waals surface area contributed by atoms with Crippen molar-refractivity contribution in [2.75, 3.05) is 0 Å². The molecule has 0 unspecified atom stereocenters. The summed E-state index contributed by atoms with van der Waals surface area (Å²) in [5, 5.41) is 0. The molecule has 0 aliphatic heterocycles. The maximum atomic E-state index is 11.9. The molecule has 0 aromatic rings. The van der Waals surface area contributed by atoms with Crippen LogP contribution in [-0.4, -0.2) is 21.3 Å². The lowest BCUT2D eigenvalue weighted by molar-refractivity contribution is -0.122.